The maximum Gasteiger partial charge on any atom is 0.308 e. The highest BCUT2D eigenvalue weighted by Gasteiger charge is 2.33. The van der Waals surface area contributed by atoms with Gasteiger partial charge in [-0.3, -0.25) is 9.59 Å². The summed E-state index contributed by atoms with van der Waals surface area (Å²) in [5.41, 5.74) is 0.407. The molecule has 1 unspecified atom stereocenters. The average Bonchev–Trinajstić information content (AvgIpc) is 2.89. The van der Waals surface area contributed by atoms with E-state index in [1.54, 1.807) is 34.6 Å². The van der Waals surface area contributed by atoms with Crippen molar-refractivity contribution in [1.82, 2.24) is 4.72 Å². The van der Waals surface area contributed by atoms with Gasteiger partial charge in [0.05, 0.1) is 12.5 Å². The number of benzene rings is 2. The van der Waals surface area contributed by atoms with E-state index in [4.69, 9.17) is 30.5 Å². The third-order valence-electron chi connectivity index (χ3n) is 5.40. The molecule has 0 heterocycles. The molecule has 0 aliphatic heterocycles. The van der Waals surface area contributed by atoms with E-state index in [1.165, 1.54) is 18.2 Å². The first-order valence-electron chi connectivity index (χ1n) is 13.5. The number of carbonyl (C=O) groups is 2. The normalized spacial score (nSPS) is 12.7. The summed E-state index contributed by atoms with van der Waals surface area (Å²) in [5, 5.41) is 2.74. The Morgan fingerprint density at radius 2 is 1.66 bits per heavy atom. The highest BCUT2D eigenvalue weighted by atomic mass is 35.5. The summed E-state index contributed by atoms with van der Waals surface area (Å²) in [5.74, 6) is -0.527. The quantitative estimate of drug-likeness (QED) is 0.145. The molecule has 2 aromatic rings. The number of hydrogen-bond donors (Lipinski definition) is 2. The molecule has 0 saturated heterocycles. The molecule has 0 spiro atoms. The number of carbonyl (C=O) groups excluding carboxylic acids is 2. The second-order valence-corrected chi connectivity index (χ2v) is 12.1. The van der Waals surface area contributed by atoms with Gasteiger partial charge in [0.25, 0.3) is 0 Å². The van der Waals surface area contributed by atoms with Crippen LogP contribution in [0, 0.1) is 0 Å². The Bertz CT molecular complexity index is 1210. The zero-order valence-corrected chi connectivity index (χ0v) is 25.8. The summed E-state index contributed by atoms with van der Waals surface area (Å²) in [6.45, 7) is 9.16. The van der Waals surface area contributed by atoms with Crippen molar-refractivity contribution < 1.29 is 37.0 Å². The first kappa shape index (κ1) is 34.5. The molecule has 12 heteroatoms. The largest absolute Gasteiger partial charge is 0.487 e. The van der Waals surface area contributed by atoms with E-state index in [0.717, 1.165) is 5.56 Å². The molecule has 10 nitrogen and oxygen atoms in total. The minimum atomic E-state index is -4.30. The molecule has 0 radical (unpaired) electrons. The van der Waals surface area contributed by atoms with Crippen LogP contribution in [0.4, 0.5) is 5.69 Å². The molecule has 0 aliphatic carbocycles. The first-order chi connectivity index (χ1) is 19.4. The van der Waals surface area contributed by atoms with Crippen LogP contribution in [-0.4, -0.2) is 57.3 Å². The van der Waals surface area contributed by atoms with Crippen molar-refractivity contribution in [1.29, 1.82) is 0 Å². The number of alkyl halides is 1. The van der Waals surface area contributed by atoms with Crippen molar-refractivity contribution in [2.75, 3.05) is 24.4 Å². The lowest BCUT2D eigenvalue weighted by Crippen LogP contribution is -2.47. The Labute approximate surface area is 248 Å². The third kappa shape index (κ3) is 12.4. The number of amides is 1. The molecule has 1 atom stereocenters. The van der Waals surface area contributed by atoms with Crippen LogP contribution in [0.25, 0.3) is 0 Å². The first-order valence-corrected chi connectivity index (χ1v) is 15.5. The van der Waals surface area contributed by atoms with Crippen LogP contribution in [0.15, 0.2) is 53.4 Å². The van der Waals surface area contributed by atoms with E-state index in [2.05, 4.69) is 10.0 Å². The van der Waals surface area contributed by atoms with Gasteiger partial charge in [0, 0.05) is 37.3 Å². The second kappa shape index (κ2) is 16.7. The minimum Gasteiger partial charge on any atom is -0.487 e. The summed E-state index contributed by atoms with van der Waals surface area (Å²) in [6.07, 6.45) is -0.674. The van der Waals surface area contributed by atoms with Gasteiger partial charge in [0.1, 0.15) is 22.9 Å². The average molecular weight is 613 g/mol. The number of hydrogen-bond acceptors (Lipinski definition) is 8. The molecule has 1 amide bonds. The Hall–Kier alpha value is -2.70. The molecule has 2 rings (SSSR count). The van der Waals surface area contributed by atoms with Gasteiger partial charge in [-0.25, -0.2) is 13.1 Å². The molecule has 228 valence electrons. The van der Waals surface area contributed by atoms with Crippen LogP contribution in [0.3, 0.4) is 0 Å². The molecule has 0 saturated carbocycles. The van der Waals surface area contributed by atoms with Crippen molar-refractivity contribution in [3.63, 3.8) is 0 Å². The van der Waals surface area contributed by atoms with Gasteiger partial charge >= 0.3 is 5.97 Å². The highest BCUT2D eigenvalue weighted by molar-refractivity contribution is 7.89. The van der Waals surface area contributed by atoms with Gasteiger partial charge in [-0.05, 0) is 58.7 Å². The zero-order valence-electron chi connectivity index (χ0n) is 24.3. The zero-order chi connectivity index (χ0) is 30.5. The minimum absolute atomic E-state index is 0.0110. The van der Waals surface area contributed by atoms with Crippen molar-refractivity contribution >= 4 is 39.2 Å². The van der Waals surface area contributed by atoms with Gasteiger partial charge in [-0.2, -0.15) is 0 Å². The van der Waals surface area contributed by atoms with Gasteiger partial charge in [-0.15, -0.1) is 11.6 Å². The van der Waals surface area contributed by atoms with E-state index in [0.29, 0.717) is 18.0 Å². The SMILES string of the molecule is CCOC(OCC)C(CC(=O)OC(C)(C)C)NS(=O)(=O)c1ccc(NC(=O)CCCCl)cc1OCc1ccccc1. The molecule has 41 heavy (non-hydrogen) atoms. The van der Waals surface area contributed by atoms with E-state index < -0.39 is 33.9 Å². The topological polar surface area (TPSA) is 129 Å². The molecule has 2 aromatic carbocycles. The van der Waals surface area contributed by atoms with Crippen LogP contribution < -0.4 is 14.8 Å². The summed E-state index contributed by atoms with van der Waals surface area (Å²) >= 11 is 5.69. The smallest absolute Gasteiger partial charge is 0.308 e. The summed E-state index contributed by atoms with van der Waals surface area (Å²) in [7, 11) is -4.30. The molecular weight excluding hydrogens is 572 g/mol. The Morgan fingerprint density at radius 1 is 1.00 bits per heavy atom. The number of sulfonamides is 1. The Morgan fingerprint density at radius 3 is 2.24 bits per heavy atom. The highest BCUT2D eigenvalue weighted by Crippen LogP contribution is 2.29. The van der Waals surface area contributed by atoms with Crippen LogP contribution in [0.1, 0.15) is 59.4 Å². The van der Waals surface area contributed by atoms with Crippen LogP contribution in [0.5, 0.6) is 5.75 Å². The lowest BCUT2D eigenvalue weighted by Gasteiger charge is -2.28. The number of nitrogens with one attached hydrogen (secondary N) is 2. The van der Waals surface area contributed by atoms with Crippen molar-refractivity contribution in [2.24, 2.45) is 0 Å². The van der Waals surface area contributed by atoms with Crippen molar-refractivity contribution in [3.8, 4) is 5.75 Å². The number of ether oxygens (including phenoxy) is 4. The van der Waals surface area contributed by atoms with Crippen LogP contribution in [0.2, 0.25) is 0 Å². The fourth-order valence-electron chi connectivity index (χ4n) is 3.73. The maximum absolute atomic E-state index is 13.8. The van der Waals surface area contributed by atoms with Gasteiger partial charge < -0.3 is 24.3 Å². The summed E-state index contributed by atoms with van der Waals surface area (Å²) in [6, 6.07) is 12.4. The molecule has 0 aromatic heterocycles. The predicted molar refractivity (Wildman–Crippen MR) is 157 cm³/mol. The predicted octanol–water partition coefficient (Wildman–Crippen LogP) is 5.00. The van der Waals surface area contributed by atoms with E-state index in [9.17, 15) is 18.0 Å². The third-order valence-corrected chi connectivity index (χ3v) is 7.19. The van der Waals surface area contributed by atoms with E-state index >= 15 is 0 Å². The fourth-order valence-corrected chi connectivity index (χ4v) is 5.22. The standard InChI is InChI=1S/C29H41ClN2O8S/c1-6-37-28(38-7-2)23(19-27(34)40-29(3,4)5)32-41(35,36)25-16-15-22(31-26(33)14-11-17-30)18-24(25)39-20-21-12-9-8-10-13-21/h8-10,12-13,15-16,18,23,28,32H,6-7,11,14,17,19-20H2,1-5H3,(H,31,33). The van der Waals surface area contributed by atoms with Gasteiger partial charge in [0.15, 0.2) is 6.29 Å². The Kier molecular flexibility index (Phi) is 14.0. The molecular formula is C29H41ClN2O8S. The molecule has 0 aliphatic rings. The summed E-state index contributed by atoms with van der Waals surface area (Å²) in [4.78, 5) is 24.8. The van der Waals surface area contributed by atoms with Crippen molar-refractivity contribution in [2.45, 2.75) is 83.3 Å². The van der Waals surface area contributed by atoms with E-state index in [1.807, 2.05) is 30.3 Å². The van der Waals surface area contributed by atoms with Crippen molar-refractivity contribution in [3.05, 3.63) is 54.1 Å². The summed E-state index contributed by atoms with van der Waals surface area (Å²) < 4.78 is 52.8. The van der Waals surface area contributed by atoms with Crippen LogP contribution >= 0.6 is 11.6 Å². The molecule has 0 bridgehead atoms. The lowest BCUT2D eigenvalue weighted by atomic mass is 10.1. The molecule has 2 N–H and O–H groups in total. The van der Waals surface area contributed by atoms with Gasteiger partial charge in [-0.1, -0.05) is 30.3 Å². The second-order valence-electron chi connectivity index (χ2n) is 10.1. The Balaban J connectivity index is 2.43. The number of rotatable bonds is 17. The number of esters is 1. The van der Waals surface area contributed by atoms with Gasteiger partial charge in [0.2, 0.25) is 15.9 Å². The monoisotopic (exact) mass is 612 g/mol. The molecule has 0 fully saturated rings. The maximum atomic E-state index is 13.8. The lowest BCUT2D eigenvalue weighted by molar-refractivity contribution is -0.169. The van der Waals surface area contributed by atoms with E-state index in [-0.39, 0.29) is 49.2 Å². The number of anilines is 1. The fraction of sp³-hybridized carbons (Fsp3) is 0.517. The number of halogens is 1. The van der Waals surface area contributed by atoms with Crippen LogP contribution in [-0.2, 0) is 40.4 Å².